The van der Waals surface area contributed by atoms with Crippen LogP contribution in [0.15, 0.2) is 28.7 Å². The second-order valence-corrected chi connectivity index (χ2v) is 4.87. The number of nitrogens with zero attached hydrogens (tertiary/aromatic N) is 1. The van der Waals surface area contributed by atoms with Crippen molar-refractivity contribution in [2.24, 2.45) is 0 Å². The SMILES string of the molecule is CCOC(=O)CN1C(=O)CO[C@@H]1c1ccccc1Br. The van der Waals surface area contributed by atoms with Gasteiger partial charge in [-0.05, 0) is 13.0 Å². The molecule has 0 unspecified atom stereocenters. The van der Waals surface area contributed by atoms with Crippen LogP contribution in [0.5, 0.6) is 0 Å². The molecule has 1 saturated heterocycles. The largest absolute Gasteiger partial charge is 0.465 e. The average Bonchev–Trinajstić information content (AvgIpc) is 2.72. The highest BCUT2D eigenvalue weighted by Crippen LogP contribution is 2.32. The zero-order valence-electron chi connectivity index (χ0n) is 10.5. The minimum Gasteiger partial charge on any atom is -0.465 e. The molecule has 0 spiro atoms. The summed E-state index contributed by atoms with van der Waals surface area (Å²) < 4.78 is 11.2. The Balaban J connectivity index is 2.18. The van der Waals surface area contributed by atoms with Gasteiger partial charge in [-0.25, -0.2) is 0 Å². The number of carbonyl (C=O) groups excluding carboxylic acids is 2. The normalized spacial score (nSPS) is 18.7. The minimum absolute atomic E-state index is 0.0224. The van der Waals surface area contributed by atoms with Gasteiger partial charge in [-0.3, -0.25) is 14.5 Å². The summed E-state index contributed by atoms with van der Waals surface area (Å²) >= 11 is 3.42. The van der Waals surface area contributed by atoms with Crippen molar-refractivity contribution in [3.8, 4) is 0 Å². The van der Waals surface area contributed by atoms with Gasteiger partial charge in [0.1, 0.15) is 13.2 Å². The van der Waals surface area contributed by atoms with Crippen molar-refractivity contribution in [2.45, 2.75) is 13.2 Å². The summed E-state index contributed by atoms with van der Waals surface area (Å²) in [7, 11) is 0. The fraction of sp³-hybridized carbons (Fsp3) is 0.385. The summed E-state index contributed by atoms with van der Waals surface area (Å²) in [6, 6.07) is 7.45. The molecular formula is C13H14BrNO4. The van der Waals surface area contributed by atoms with E-state index in [0.29, 0.717) is 6.61 Å². The van der Waals surface area contributed by atoms with Gasteiger partial charge in [-0.1, -0.05) is 34.1 Å². The first-order valence-corrected chi connectivity index (χ1v) is 6.74. The second kappa shape index (κ2) is 6.16. The van der Waals surface area contributed by atoms with E-state index in [2.05, 4.69) is 15.9 Å². The number of carbonyl (C=O) groups is 2. The summed E-state index contributed by atoms with van der Waals surface area (Å²) in [6.45, 7) is 1.90. The molecule has 1 aromatic rings. The van der Waals surface area contributed by atoms with Crippen LogP contribution < -0.4 is 0 Å². The molecule has 1 amide bonds. The van der Waals surface area contributed by atoms with Gasteiger partial charge in [-0.15, -0.1) is 0 Å². The predicted molar refractivity (Wildman–Crippen MR) is 71.2 cm³/mol. The van der Waals surface area contributed by atoms with Gasteiger partial charge >= 0.3 is 5.97 Å². The zero-order valence-corrected chi connectivity index (χ0v) is 12.1. The second-order valence-electron chi connectivity index (χ2n) is 4.01. The summed E-state index contributed by atoms with van der Waals surface area (Å²) in [5.74, 6) is -0.646. The van der Waals surface area contributed by atoms with Gasteiger partial charge in [-0.2, -0.15) is 0 Å². The molecule has 0 aromatic heterocycles. The van der Waals surface area contributed by atoms with Crippen molar-refractivity contribution in [1.29, 1.82) is 0 Å². The number of esters is 1. The molecule has 6 heteroatoms. The predicted octanol–water partition coefficient (Wildman–Crippen LogP) is 1.87. The van der Waals surface area contributed by atoms with Gasteiger partial charge < -0.3 is 9.47 Å². The highest BCUT2D eigenvalue weighted by atomic mass is 79.9. The van der Waals surface area contributed by atoms with Crippen LogP contribution in [0.1, 0.15) is 18.7 Å². The van der Waals surface area contributed by atoms with Crippen molar-refractivity contribution in [3.05, 3.63) is 34.3 Å². The molecule has 1 aromatic carbocycles. The lowest BCUT2D eigenvalue weighted by Crippen LogP contribution is -2.34. The fourth-order valence-electron chi connectivity index (χ4n) is 1.90. The quantitative estimate of drug-likeness (QED) is 0.792. The molecule has 1 fully saturated rings. The number of hydrogen-bond acceptors (Lipinski definition) is 4. The number of rotatable bonds is 4. The van der Waals surface area contributed by atoms with E-state index in [1.807, 2.05) is 24.3 Å². The van der Waals surface area contributed by atoms with Crippen LogP contribution in [0.25, 0.3) is 0 Å². The van der Waals surface area contributed by atoms with Crippen LogP contribution in [0.3, 0.4) is 0 Å². The Labute approximate surface area is 119 Å². The molecule has 0 aliphatic carbocycles. The van der Waals surface area contributed by atoms with E-state index >= 15 is 0 Å². The molecule has 19 heavy (non-hydrogen) atoms. The number of ether oxygens (including phenoxy) is 2. The summed E-state index contributed by atoms with van der Waals surface area (Å²) in [5, 5.41) is 0. The van der Waals surface area contributed by atoms with Crippen molar-refractivity contribution in [2.75, 3.05) is 19.8 Å². The third-order valence-corrected chi connectivity index (χ3v) is 3.47. The Morgan fingerprint density at radius 3 is 2.95 bits per heavy atom. The Morgan fingerprint density at radius 1 is 1.53 bits per heavy atom. The van der Waals surface area contributed by atoms with Crippen LogP contribution in [0, 0.1) is 0 Å². The van der Waals surface area contributed by atoms with Crippen LogP contribution in [-0.4, -0.2) is 36.5 Å². The topological polar surface area (TPSA) is 55.8 Å². The van der Waals surface area contributed by atoms with E-state index in [1.54, 1.807) is 6.92 Å². The molecule has 1 aliphatic rings. The van der Waals surface area contributed by atoms with Crippen molar-refractivity contribution >= 4 is 27.8 Å². The third kappa shape index (κ3) is 3.13. The first-order valence-electron chi connectivity index (χ1n) is 5.94. The van der Waals surface area contributed by atoms with Crippen LogP contribution in [0.2, 0.25) is 0 Å². The Morgan fingerprint density at radius 2 is 2.26 bits per heavy atom. The summed E-state index contributed by atoms with van der Waals surface area (Å²) in [4.78, 5) is 24.7. The van der Waals surface area contributed by atoms with Gasteiger partial charge in [0.2, 0.25) is 0 Å². The summed E-state index contributed by atoms with van der Waals surface area (Å²) in [5.41, 5.74) is 0.817. The average molecular weight is 328 g/mol. The Hall–Kier alpha value is -1.40. The lowest BCUT2D eigenvalue weighted by Gasteiger charge is -2.23. The zero-order chi connectivity index (χ0) is 13.8. The molecule has 0 saturated carbocycles. The van der Waals surface area contributed by atoms with E-state index in [9.17, 15) is 9.59 Å². The summed E-state index contributed by atoms with van der Waals surface area (Å²) in [6.07, 6.45) is -0.549. The number of benzene rings is 1. The highest BCUT2D eigenvalue weighted by Gasteiger charge is 2.35. The molecule has 1 heterocycles. The Kier molecular flexibility index (Phi) is 4.55. The van der Waals surface area contributed by atoms with E-state index in [0.717, 1.165) is 10.0 Å². The number of hydrogen-bond donors (Lipinski definition) is 0. The molecule has 0 radical (unpaired) electrons. The lowest BCUT2D eigenvalue weighted by atomic mass is 10.2. The Bertz CT molecular complexity index is 491. The van der Waals surface area contributed by atoms with E-state index < -0.39 is 12.2 Å². The van der Waals surface area contributed by atoms with E-state index in [4.69, 9.17) is 9.47 Å². The number of halogens is 1. The molecule has 0 N–H and O–H groups in total. The molecule has 0 bridgehead atoms. The van der Waals surface area contributed by atoms with Crippen LogP contribution in [0.4, 0.5) is 0 Å². The lowest BCUT2D eigenvalue weighted by molar-refractivity contribution is -0.149. The molecule has 102 valence electrons. The molecule has 1 atom stereocenters. The van der Waals surface area contributed by atoms with Gasteiger partial charge in [0.25, 0.3) is 5.91 Å². The fourth-order valence-corrected chi connectivity index (χ4v) is 2.38. The first-order chi connectivity index (χ1) is 9.13. The van der Waals surface area contributed by atoms with Gasteiger partial charge in [0, 0.05) is 10.0 Å². The third-order valence-electron chi connectivity index (χ3n) is 2.74. The smallest absolute Gasteiger partial charge is 0.325 e. The van der Waals surface area contributed by atoms with E-state index in [-0.39, 0.29) is 19.1 Å². The highest BCUT2D eigenvalue weighted by molar-refractivity contribution is 9.10. The number of amides is 1. The monoisotopic (exact) mass is 327 g/mol. The maximum Gasteiger partial charge on any atom is 0.325 e. The maximum atomic E-state index is 11.8. The van der Waals surface area contributed by atoms with Gasteiger partial charge in [0.05, 0.1) is 6.61 Å². The molecule has 5 nitrogen and oxygen atoms in total. The minimum atomic E-state index is -0.549. The molecule has 1 aliphatic heterocycles. The molecule has 2 rings (SSSR count). The van der Waals surface area contributed by atoms with Crippen LogP contribution in [-0.2, 0) is 19.1 Å². The molecular weight excluding hydrogens is 314 g/mol. The van der Waals surface area contributed by atoms with Crippen molar-refractivity contribution in [1.82, 2.24) is 4.90 Å². The van der Waals surface area contributed by atoms with Crippen molar-refractivity contribution < 1.29 is 19.1 Å². The maximum absolute atomic E-state index is 11.8. The van der Waals surface area contributed by atoms with Gasteiger partial charge in [0.15, 0.2) is 6.23 Å². The standard InChI is InChI=1S/C13H14BrNO4/c1-2-18-12(17)7-15-11(16)8-19-13(15)9-5-3-4-6-10(9)14/h3-6,13H,2,7-8H2,1H3/t13-/m1/s1. The van der Waals surface area contributed by atoms with Crippen molar-refractivity contribution in [3.63, 3.8) is 0 Å². The first kappa shape index (κ1) is 14.0. The van der Waals surface area contributed by atoms with E-state index in [1.165, 1.54) is 4.90 Å². The van der Waals surface area contributed by atoms with Crippen LogP contribution >= 0.6 is 15.9 Å².